The highest BCUT2D eigenvalue weighted by Gasteiger charge is 2.23. The van der Waals surface area contributed by atoms with E-state index in [1.54, 1.807) is 0 Å². The van der Waals surface area contributed by atoms with Crippen LogP contribution < -0.4 is 11.1 Å². The summed E-state index contributed by atoms with van der Waals surface area (Å²) in [6, 6.07) is 0.499. The second kappa shape index (κ2) is 5.84. The Morgan fingerprint density at radius 3 is 2.50 bits per heavy atom. The number of carbonyl (C=O) groups is 2. The molecule has 2 amide bonds. The molecule has 1 fully saturated rings. The molecule has 0 heterocycles. The van der Waals surface area contributed by atoms with E-state index in [0.29, 0.717) is 25.0 Å². The highest BCUT2D eigenvalue weighted by molar-refractivity contribution is 5.84. The molecular weight excluding hydrogens is 206 g/mol. The van der Waals surface area contributed by atoms with E-state index in [0.717, 1.165) is 12.8 Å². The molecule has 16 heavy (non-hydrogen) atoms. The van der Waals surface area contributed by atoms with Crippen LogP contribution >= 0.6 is 0 Å². The zero-order valence-corrected chi connectivity index (χ0v) is 10.0. The number of primary amides is 1. The minimum Gasteiger partial charge on any atom is -0.368 e. The molecule has 0 radical (unpaired) electrons. The van der Waals surface area contributed by atoms with Crippen molar-refractivity contribution in [1.29, 1.82) is 0 Å². The molecule has 1 rings (SSSR count). The van der Waals surface area contributed by atoms with Gasteiger partial charge < -0.3 is 16.0 Å². The summed E-state index contributed by atoms with van der Waals surface area (Å²) in [5, 5.41) is 3.14. The summed E-state index contributed by atoms with van der Waals surface area (Å²) in [6.45, 7) is 4.92. The molecule has 1 aliphatic rings. The van der Waals surface area contributed by atoms with Gasteiger partial charge in [-0.3, -0.25) is 9.59 Å². The molecule has 0 saturated heterocycles. The first-order valence-corrected chi connectivity index (χ1v) is 5.78. The third kappa shape index (κ3) is 5.11. The van der Waals surface area contributed by atoms with E-state index in [9.17, 15) is 9.59 Å². The summed E-state index contributed by atoms with van der Waals surface area (Å²) >= 11 is 0. The number of carbonyl (C=O) groups excluding carboxylic acids is 2. The predicted molar refractivity (Wildman–Crippen MR) is 61.6 cm³/mol. The van der Waals surface area contributed by atoms with E-state index in [2.05, 4.69) is 5.32 Å². The molecule has 92 valence electrons. The van der Waals surface area contributed by atoms with Crippen molar-refractivity contribution in [2.24, 2.45) is 11.7 Å². The number of nitrogens with zero attached hydrogens (tertiary/aromatic N) is 1. The van der Waals surface area contributed by atoms with Crippen molar-refractivity contribution in [3.63, 3.8) is 0 Å². The zero-order valence-electron chi connectivity index (χ0n) is 10.0. The van der Waals surface area contributed by atoms with E-state index in [4.69, 9.17) is 5.73 Å². The molecule has 0 aliphatic heterocycles. The van der Waals surface area contributed by atoms with Crippen molar-refractivity contribution >= 4 is 11.8 Å². The lowest BCUT2D eigenvalue weighted by atomic mass is 10.2. The van der Waals surface area contributed by atoms with Gasteiger partial charge in [-0.2, -0.15) is 0 Å². The van der Waals surface area contributed by atoms with Crippen molar-refractivity contribution in [3.8, 4) is 0 Å². The molecule has 0 atom stereocenters. The summed E-state index contributed by atoms with van der Waals surface area (Å²) in [4.78, 5) is 24.2. The quantitative estimate of drug-likeness (QED) is 0.627. The van der Waals surface area contributed by atoms with Crippen molar-refractivity contribution in [2.45, 2.75) is 32.7 Å². The van der Waals surface area contributed by atoms with Crippen LogP contribution in [-0.4, -0.2) is 42.4 Å². The molecule has 1 aliphatic carbocycles. The van der Waals surface area contributed by atoms with Gasteiger partial charge in [0.25, 0.3) is 0 Å². The Bertz CT molecular complexity index is 262. The Balaban J connectivity index is 2.37. The number of amides is 2. The van der Waals surface area contributed by atoms with E-state index >= 15 is 0 Å². The maximum absolute atomic E-state index is 11.8. The van der Waals surface area contributed by atoms with E-state index in [1.807, 2.05) is 13.8 Å². The maximum atomic E-state index is 11.8. The van der Waals surface area contributed by atoms with Crippen LogP contribution in [0.1, 0.15) is 26.7 Å². The minimum atomic E-state index is -0.458. The van der Waals surface area contributed by atoms with Crippen LogP contribution in [0.15, 0.2) is 0 Å². The summed E-state index contributed by atoms with van der Waals surface area (Å²) in [7, 11) is 0. The smallest absolute Gasteiger partial charge is 0.237 e. The predicted octanol–water partition coefficient (Wildman–Crippen LogP) is -0.292. The topological polar surface area (TPSA) is 75.4 Å². The van der Waals surface area contributed by atoms with Gasteiger partial charge in [0.1, 0.15) is 0 Å². The van der Waals surface area contributed by atoms with Gasteiger partial charge in [0.2, 0.25) is 11.8 Å². The first kappa shape index (κ1) is 13.0. The third-order valence-electron chi connectivity index (χ3n) is 2.40. The van der Waals surface area contributed by atoms with Crippen LogP contribution in [0.3, 0.4) is 0 Å². The molecule has 0 aromatic heterocycles. The molecule has 0 aromatic rings. The summed E-state index contributed by atoms with van der Waals surface area (Å²) in [6.07, 6.45) is 2.29. The molecule has 3 N–H and O–H groups in total. The fraction of sp³-hybridized carbons (Fsp3) is 0.818. The lowest BCUT2D eigenvalue weighted by molar-refractivity contribution is -0.134. The monoisotopic (exact) mass is 227 g/mol. The molecule has 0 unspecified atom stereocenters. The fourth-order valence-corrected chi connectivity index (χ4v) is 1.51. The number of nitrogens with two attached hydrogens (primary N) is 1. The lowest BCUT2D eigenvalue weighted by Crippen LogP contribution is -2.44. The van der Waals surface area contributed by atoms with Crippen LogP contribution in [-0.2, 0) is 9.59 Å². The van der Waals surface area contributed by atoms with Gasteiger partial charge in [-0.15, -0.1) is 0 Å². The van der Waals surface area contributed by atoms with Crippen LogP contribution in [0.4, 0.5) is 0 Å². The van der Waals surface area contributed by atoms with E-state index in [-0.39, 0.29) is 12.5 Å². The molecule has 5 heteroatoms. The Hall–Kier alpha value is -1.10. The maximum Gasteiger partial charge on any atom is 0.237 e. The number of hydrogen-bond acceptors (Lipinski definition) is 3. The second-order valence-corrected chi connectivity index (χ2v) is 4.79. The van der Waals surface area contributed by atoms with Crippen molar-refractivity contribution in [3.05, 3.63) is 0 Å². The minimum absolute atomic E-state index is 0.0172. The Kier molecular flexibility index (Phi) is 4.73. The summed E-state index contributed by atoms with van der Waals surface area (Å²) < 4.78 is 0. The molecule has 5 nitrogen and oxygen atoms in total. The van der Waals surface area contributed by atoms with Gasteiger partial charge >= 0.3 is 0 Å². The van der Waals surface area contributed by atoms with Gasteiger partial charge in [0.05, 0.1) is 13.1 Å². The standard InChI is InChI=1S/C11H21N3O2/c1-8(2)6-14(7-10(12)15)11(16)5-13-9-3-4-9/h8-9,13H,3-7H2,1-2H3,(H2,12,15). The van der Waals surface area contributed by atoms with E-state index in [1.165, 1.54) is 4.90 Å². The number of rotatable bonds is 7. The summed E-state index contributed by atoms with van der Waals surface area (Å²) in [5.74, 6) is -0.163. The second-order valence-electron chi connectivity index (χ2n) is 4.79. The van der Waals surface area contributed by atoms with Crippen LogP contribution in [0.25, 0.3) is 0 Å². The normalized spacial score (nSPS) is 15.2. The number of nitrogens with one attached hydrogen (secondary N) is 1. The average Bonchev–Trinajstić information content (AvgIpc) is 2.95. The molecule has 1 saturated carbocycles. The molecule has 0 spiro atoms. The van der Waals surface area contributed by atoms with Gasteiger partial charge in [0, 0.05) is 12.6 Å². The first-order chi connectivity index (χ1) is 7.49. The van der Waals surface area contributed by atoms with Crippen LogP contribution in [0, 0.1) is 5.92 Å². The largest absolute Gasteiger partial charge is 0.368 e. The Morgan fingerprint density at radius 1 is 1.44 bits per heavy atom. The van der Waals surface area contributed by atoms with E-state index < -0.39 is 5.91 Å². The zero-order chi connectivity index (χ0) is 12.1. The van der Waals surface area contributed by atoms with Gasteiger partial charge in [-0.1, -0.05) is 13.8 Å². The number of hydrogen-bond donors (Lipinski definition) is 2. The highest BCUT2D eigenvalue weighted by atomic mass is 16.2. The van der Waals surface area contributed by atoms with Gasteiger partial charge in [-0.05, 0) is 18.8 Å². The van der Waals surface area contributed by atoms with Crippen molar-refractivity contribution in [2.75, 3.05) is 19.6 Å². The van der Waals surface area contributed by atoms with Gasteiger partial charge in [0.15, 0.2) is 0 Å². The Morgan fingerprint density at radius 2 is 2.06 bits per heavy atom. The van der Waals surface area contributed by atoms with Crippen LogP contribution in [0.2, 0.25) is 0 Å². The highest BCUT2D eigenvalue weighted by Crippen LogP contribution is 2.18. The van der Waals surface area contributed by atoms with Crippen molar-refractivity contribution < 1.29 is 9.59 Å². The average molecular weight is 227 g/mol. The first-order valence-electron chi connectivity index (χ1n) is 5.78. The summed E-state index contributed by atoms with van der Waals surface area (Å²) in [5.41, 5.74) is 5.12. The Labute approximate surface area is 96.4 Å². The molecule has 0 bridgehead atoms. The van der Waals surface area contributed by atoms with Gasteiger partial charge in [-0.25, -0.2) is 0 Å². The lowest BCUT2D eigenvalue weighted by Gasteiger charge is -2.23. The van der Waals surface area contributed by atoms with Crippen LogP contribution in [0.5, 0.6) is 0 Å². The fourth-order valence-electron chi connectivity index (χ4n) is 1.51. The SMILES string of the molecule is CC(C)CN(CC(N)=O)C(=O)CNC1CC1. The third-order valence-corrected chi connectivity index (χ3v) is 2.40. The van der Waals surface area contributed by atoms with Crippen molar-refractivity contribution in [1.82, 2.24) is 10.2 Å². The molecular formula is C11H21N3O2. The molecule has 0 aromatic carbocycles.